The van der Waals surface area contributed by atoms with E-state index in [1.165, 1.54) is 23.0 Å². The number of halogens is 1. The van der Waals surface area contributed by atoms with Crippen LogP contribution in [-0.2, 0) is 24.6 Å². The van der Waals surface area contributed by atoms with Crippen molar-refractivity contribution in [2.75, 3.05) is 12.0 Å². The molecular weight excluding hydrogens is 604 g/mol. The molecule has 1 N–H and O–H groups in total. The number of nitrogens with zero attached hydrogens (tertiary/aromatic N) is 2. The van der Waals surface area contributed by atoms with Crippen molar-refractivity contribution in [1.82, 2.24) is 4.90 Å². The van der Waals surface area contributed by atoms with Crippen molar-refractivity contribution in [3.8, 4) is 11.5 Å². The molecule has 1 saturated carbocycles. The second-order valence-corrected chi connectivity index (χ2v) is 14.1. The zero-order valence-electron chi connectivity index (χ0n) is 26.1. The summed E-state index contributed by atoms with van der Waals surface area (Å²) < 4.78 is 5.82. The Morgan fingerprint density at radius 2 is 1.63 bits per heavy atom. The number of amides is 4. The molecule has 3 aromatic carbocycles. The zero-order chi connectivity index (χ0) is 32.7. The lowest BCUT2D eigenvalue weighted by atomic mass is 9.49. The molecular formula is C37H35ClN2O6. The van der Waals surface area contributed by atoms with Gasteiger partial charge in [-0.1, -0.05) is 65.7 Å². The number of phenols is 1. The number of fused-ring (bicyclic) bond motifs is 4. The molecule has 2 aliphatic heterocycles. The first kappa shape index (κ1) is 30.2. The highest BCUT2D eigenvalue weighted by Gasteiger charge is 2.70. The molecule has 8 nitrogen and oxygen atoms in total. The Balaban J connectivity index is 1.52. The van der Waals surface area contributed by atoms with Gasteiger partial charge < -0.3 is 9.84 Å². The molecule has 2 heterocycles. The predicted molar refractivity (Wildman–Crippen MR) is 172 cm³/mol. The highest BCUT2D eigenvalue weighted by atomic mass is 35.5. The molecule has 236 valence electrons. The molecule has 2 aliphatic carbocycles. The van der Waals surface area contributed by atoms with E-state index in [1.807, 2.05) is 57.2 Å². The lowest BCUT2D eigenvalue weighted by molar-refractivity contribution is -0.145. The molecule has 6 unspecified atom stereocenters. The number of rotatable bonds is 4. The second-order valence-electron chi connectivity index (χ2n) is 13.7. The molecule has 3 aromatic rings. The standard InChI is InChI=1S/C37H35ClN2O6/c1-36(2,3)40-32(42)26-16-15-24-27(30(26)34(40)44)19-28-33(43)39(22-12-8-11-21(38)17-22)35(45)37(28,20-9-6-5-7-10-20)31(24)25-14-13-23(41)18-29(25)46-4/h5-15,17-18,26-28,30-31,41H,16,19H2,1-4H3. The summed E-state index contributed by atoms with van der Waals surface area (Å²) in [5, 5.41) is 10.8. The second kappa shape index (κ2) is 10.6. The first-order chi connectivity index (χ1) is 21.9. The van der Waals surface area contributed by atoms with E-state index in [2.05, 4.69) is 0 Å². The van der Waals surface area contributed by atoms with Gasteiger partial charge in [-0.05, 0) is 69.4 Å². The molecule has 6 atom stereocenters. The Hall–Kier alpha value is -4.43. The first-order valence-electron chi connectivity index (χ1n) is 15.6. The van der Waals surface area contributed by atoms with Gasteiger partial charge in [0.05, 0.1) is 36.0 Å². The third kappa shape index (κ3) is 4.12. The molecule has 3 fully saturated rings. The van der Waals surface area contributed by atoms with E-state index >= 15 is 4.79 Å². The van der Waals surface area contributed by atoms with Crippen LogP contribution in [0.3, 0.4) is 0 Å². The van der Waals surface area contributed by atoms with Crippen molar-refractivity contribution < 1.29 is 29.0 Å². The highest BCUT2D eigenvalue weighted by Crippen LogP contribution is 2.65. The predicted octanol–water partition coefficient (Wildman–Crippen LogP) is 6.02. The number of ether oxygens (including phenoxy) is 1. The Morgan fingerprint density at radius 1 is 0.891 bits per heavy atom. The smallest absolute Gasteiger partial charge is 0.246 e. The van der Waals surface area contributed by atoms with Gasteiger partial charge in [0.2, 0.25) is 23.6 Å². The molecule has 0 aromatic heterocycles. The summed E-state index contributed by atoms with van der Waals surface area (Å²) in [4.78, 5) is 60.6. The van der Waals surface area contributed by atoms with E-state index in [0.717, 1.165) is 5.57 Å². The number of methoxy groups -OCH3 is 1. The van der Waals surface area contributed by atoms with E-state index in [-0.39, 0.29) is 29.9 Å². The topological polar surface area (TPSA) is 104 Å². The van der Waals surface area contributed by atoms with Crippen LogP contribution >= 0.6 is 11.6 Å². The number of hydrogen-bond donors (Lipinski definition) is 1. The number of imide groups is 2. The molecule has 9 heteroatoms. The SMILES string of the molecule is COc1cc(O)ccc1C1C2=CCC3C(=O)N(C(C)(C)C)C(=O)C3C2CC2C(=O)N(c3cccc(Cl)c3)C(=O)C21c1ccccc1. The molecule has 46 heavy (non-hydrogen) atoms. The minimum atomic E-state index is -1.42. The van der Waals surface area contributed by atoms with Crippen LogP contribution < -0.4 is 9.64 Å². The van der Waals surface area contributed by atoms with E-state index in [1.54, 1.807) is 36.4 Å². The van der Waals surface area contributed by atoms with Crippen molar-refractivity contribution in [3.05, 3.63) is 101 Å². The largest absolute Gasteiger partial charge is 0.508 e. The number of hydrogen-bond acceptors (Lipinski definition) is 6. The zero-order valence-corrected chi connectivity index (χ0v) is 26.8. The Morgan fingerprint density at radius 3 is 2.30 bits per heavy atom. The highest BCUT2D eigenvalue weighted by molar-refractivity contribution is 6.32. The Bertz CT molecular complexity index is 1830. The fourth-order valence-electron chi connectivity index (χ4n) is 8.69. The number of carbonyl (C=O) groups is 4. The van der Waals surface area contributed by atoms with Crippen LogP contribution in [0.25, 0.3) is 0 Å². The van der Waals surface area contributed by atoms with Crippen molar-refractivity contribution >= 4 is 40.9 Å². The number of anilines is 1. The number of carbonyl (C=O) groups excluding carboxylic acids is 4. The summed E-state index contributed by atoms with van der Waals surface area (Å²) in [5.74, 6) is -4.22. The molecule has 4 aliphatic rings. The fraction of sp³-hybridized carbons (Fsp3) is 0.351. The maximum Gasteiger partial charge on any atom is 0.246 e. The molecule has 0 bridgehead atoms. The summed E-state index contributed by atoms with van der Waals surface area (Å²) in [6, 6.07) is 20.8. The first-order valence-corrected chi connectivity index (χ1v) is 15.9. The monoisotopic (exact) mass is 638 g/mol. The molecule has 7 rings (SSSR count). The van der Waals surface area contributed by atoms with Crippen molar-refractivity contribution in [2.24, 2.45) is 23.7 Å². The van der Waals surface area contributed by atoms with Crippen LogP contribution in [0.4, 0.5) is 5.69 Å². The van der Waals surface area contributed by atoms with Gasteiger partial charge in [-0.15, -0.1) is 0 Å². The lowest BCUT2D eigenvalue weighted by Gasteiger charge is -2.51. The Kier molecular flexibility index (Phi) is 6.94. The molecule has 4 amide bonds. The number of benzene rings is 3. The van der Waals surface area contributed by atoms with Gasteiger partial charge in [-0.3, -0.25) is 24.1 Å². The van der Waals surface area contributed by atoms with Gasteiger partial charge in [-0.2, -0.15) is 0 Å². The quantitative estimate of drug-likeness (QED) is 0.277. The van der Waals surface area contributed by atoms with E-state index in [0.29, 0.717) is 34.0 Å². The van der Waals surface area contributed by atoms with E-state index in [4.69, 9.17) is 16.3 Å². The van der Waals surface area contributed by atoms with Crippen molar-refractivity contribution in [2.45, 2.75) is 50.5 Å². The summed E-state index contributed by atoms with van der Waals surface area (Å²) in [5.41, 5.74) is 0.337. The summed E-state index contributed by atoms with van der Waals surface area (Å²) >= 11 is 6.37. The Labute approximate surface area is 272 Å². The molecule has 2 saturated heterocycles. The minimum Gasteiger partial charge on any atom is -0.508 e. The van der Waals surface area contributed by atoms with Crippen molar-refractivity contribution in [1.29, 1.82) is 0 Å². The van der Waals surface area contributed by atoms with Crippen LogP contribution in [0, 0.1) is 23.7 Å². The van der Waals surface area contributed by atoms with Crippen LogP contribution in [0.5, 0.6) is 11.5 Å². The van der Waals surface area contributed by atoms with Gasteiger partial charge in [0.1, 0.15) is 11.5 Å². The summed E-state index contributed by atoms with van der Waals surface area (Å²) in [6.07, 6.45) is 2.55. The van der Waals surface area contributed by atoms with Gasteiger partial charge in [-0.25, -0.2) is 4.90 Å². The average molecular weight is 639 g/mol. The maximum atomic E-state index is 15.3. The third-order valence-electron chi connectivity index (χ3n) is 10.4. The van der Waals surface area contributed by atoms with Crippen LogP contribution in [0.2, 0.25) is 5.02 Å². The third-order valence-corrected chi connectivity index (χ3v) is 10.6. The number of likely N-dealkylation sites (tertiary alicyclic amines) is 1. The van der Waals surface area contributed by atoms with E-state index < -0.39 is 46.5 Å². The van der Waals surface area contributed by atoms with Gasteiger partial charge >= 0.3 is 0 Å². The molecule has 0 spiro atoms. The van der Waals surface area contributed by atoms with Crippen LogP contribution in [0.1, 0.15) is 50.7 Å². The minimum absolute atomic E-state index is 0.0114. The maximum absolute atomic E-state index is 15.3. The number of phenolic OH excluding ortho intramolecular Hbond substituents is 1. The lowest BCUT2D eigenvalue weighted by Crippen LogP contribution is -2.53. The van der Waals surface area contributed by atoms with Gasteiger partial charge in [0.15, 0.2) is 0 Å². The fourth-order valence-corrected chi connectivity index (χ4v) is 8.87. The summed E-state index contributed by atoms with van der Waals surface area (Å²) in [7, 11) is 1.50. The van der Waals surface area contributed by atoms with Crippen LogP contribution in [-0.4, -0.2) is 46.3 Å². The van der Waals surface area contributed by atoms with E-state index in [9.17, 15) is 19.5 Å². The van der Waals surface area contributed by atoms with Crippen molar-refractivity contribution in [3.63, 3.8) is 0 Å². The van der Waals surface area contributed by atoms with Gasteiger partial charge in [0.25, 0.3) is 0 Å². The number of aromatic hydroxyl groups is 1. The summed E-state index contributed by atoms with van der Waals surface area (Å²) in [6.45, 7) is 5.55. The average Bonchev–Trinajstić information content (AvgIpc) is 3.42. The molecule has 0 radical (unpaired) electrons. The normalized spacial score (nSPS) is 29.0. The van der Waals surface area contributed by atoms with Gasteiger partial charge in [0, 0.05) is 28.1 Å². The van der Waals surface area contributed by atoms with Crippen LogP contribution in [0.15, 0.2) is 84.4 Å². The number of allylic oxidation sites excluding steroid dienone is 2.